The highest BCUT2D eigenvalue weighted by atomic mass is 16.5. The maximum Gasteiger partial charge on any atom is 0.308 e. The summed E-state index contributed by atoms with van der Waals surface area (Å²) in [5, 5.41) is 9.33. The zero-order valence-corrected chi connectivity index (χ0v) is 21.1. The number of nitrogens with one attached hydrogen (secondary N) is 3. The Bertz CT molecular complexity index is 1310. The van der Waals surface area contributed by atoms with Crippen LogP contribution in [-0.2, 0) is 33.8 Å². The molecular weight excluding hydrogens is 472 g/mol. The van der Waals surface area contributed by atoms with Crippen LogP contribution in [0.25, 0.3) is 0 Å². The highest BCUT2D eigenvalue weighted by Crippen LogP contribution is 2.20. The number of amides is 1. The molecule has 1 aliphatic rings. The van der Waals surface area contributed by atoms with E-state index in [1.54, 1.807) is 50.5 Å². The van der Waals surface area contributed by atoms with E-state index in [-0.39, 0.29) is 25.1 Å². The fourth-order valence-electron chi connectivity index (χ4n) is 4.26. The van der Waals surface area contributed by atoms with Crippen molar-refractivity contribution >= 4 is 23.4 Å². The summed E-state index contributed by atoms with van der Waals surface area (Å²) in [5.41, 5.74) is 3.40. The van der Waals surface area contributed by atoms with Gasteiger partial charge in [0.1, 0.15) is 18.1 Å². The van der Waals surface area contributed by atoms with E-state index in [0.717, 1.165) is 30.9 Å². The van der Waals surface area contributed by atoms with Crippen molar-refractivity contribution in [1.29, 1.82) is 0 Å². The summed E-state index contributed by atoms with van der Waals surface area (Å²) in [5.74, 6) is 0.0691. The molecule has 3 N–H and O–H groups in total. The average molecular weight is 505 g/mol. The first-order valence-electron chi connectivity index (χ1n) is 12.5. The van der Waals surface area contributed by atoms with Crippen molar-refractivity contribution in [1.82, 2.24) is 19.9 Å². The minimum atomic E-state index is -0.624. The lowest BCUT2D eigenvalue weighted by Gasteiger charge is -2.19. The van der Waals surface area contributed by atoms with Gasteiger partial charge < -0.3 is 25.3 Å². The smallest absolute Gasteiger partial charge is 0.308 e. The van der Waals surface area contributed by atoms with E-state index in [2.05, 4.69) is 32.0 Å². The first kappa shape index (κ1) is 25.9. The topological polar surface area (TPSA) is 127 Å². The van der Waals surface area contributed by atoms with Gasteiger partial charge in [0.2, 0.25) is 5.91 Å². The largest absolute Gasteiger partial charge is 0.466 e. The highest BCUT2D eigenvalue weighted by Gasteiger charge is 2.21. The Hall–Kier alpha value is -4.21. The molecule has 37 heavy (non-hydrogen) atoms. The number of aryl methyl sites for hydroxylation is 2. The number of hydrogen-bond acceptors (Lipinski definition) is 8. The lowest BCUT2D eigenvalue weighted by molar-refractivity contribution is -0.143. The van der Waals surface area contributed by atoms with Gasteiger partial charge in [0, 0.05) is 24.6 Å². The molecule has 0 saturated carbocycles. The molecule has 0 bridgehead atoms. The number of esters is 1. The fourth-order valence-corrected chi connectivity index (χ4v) is 4.26. The minimum absolute atomic E-state index is 0.0383. The van der Waals surface area contributed by atoms with Gasteiger partial charge in [-0.3, -0.25) is 19.4 Å². The van der Waals surface area contributed by atoms with Crippen LogP contribution in [0.1, 0.15) is 48.3 Å². The maximum absolute atomic E-state index is 13.2. The Morgan fingerprint density at radius 2 is 2.08 bits per heavy atom. The molecule has 0 aromatic carbocycles. The van der Waals surface area contributed by atoms with E-state index < -0.39 is 17.9 Å². The molecule has 4 heterocycles. The molecule has 0 unspecified atom stereocenters. The lowest BCUT2D eigenvalue weighted by Crippen LogP contribution is -2.37. The van der Waals surface area contributed by atoms with Gasteiger partial charge in [-0.2, -0.15) is 0 Å². The quantitative estimate of drug-likeness (QED) is 0.360. The van der Waals surface area contributed by atoms with E-state index in [0.29, 0.717) is 23.5 Å². The minimum Gasteiger partial charge on any atom is -0.466 e. The zero-order valence-electron chi connectivity index (χ0n) is 21.1. The van der Waals surface area contributed by atoms with E-state index in [9.17, 15) is 14.4 Å². The fraction of sp³-hybridized carbons (Fsp3) is 0.370. The van der Waals surface area contributed by atoms with Crippen molar-refractivity contribution in [3.63, 3.8) is 0 Å². The number of ether oxygens (including phenoxy) is 1. The van der Waals surface area contributed by atoms with Crippen LogP contribution in [0, 0.1) is 6.92 Å². The second kappa shape index (κ2) is 12.2. The predicted octanol–water partition coefficient (Wildman–Crippen LogP) is 2.73. The van der Waals surface area contributed by atoms with Gasteiger partial charge in [0.25, 0.3) is 5.56 Å². The number of carbonyl (C=O) groups excluding carboxylic acids is 2. The van der Waals surface area contributed by atoms with Crippen molar-refractivity contribution < 1.29 is 14.3 Å². The Morgan fingerprint density at radius 1 is 1.22 bits per heavy atom. The molecule has 0 aliphatic carbocycles. The van der Waals surface area contributed by atoms with Gasteiger partial charge >= 0.3 is 5.97 Å². The van der Waals surface area contributed by atoms with E-state index >= 15 is 0 Å². The highest BCUT2D eigenvalue weighted by molar-refractivity contribution is 5.78. The van der Waals surface area contributed by atoms with Gasteiger partial charge in [-0.1, -0.05) is 12.1 Å². The average Bonchev–Trinajstić information content (AvgIpc) is 2.91. The van der Waals surface area contributed by atoms with Crippen LogP contribution < -0.4 is 21.5 Å². The molecule has 4 rings (SSSR count). The van der Waals surface area contributed by atoms with E-state index in [1.807, 2.05) is 6.07 Å². The monoisotopic (exact) mass is 504 g/mol. The van der Waals surface area contributed by atoms with Crippen molar-refractivity contribution in [3.8, 4) is 0 Å². The molecule has 10 nitrogen and oxygen atoms in total. The molecule has 0 spiro atoms. The van der Waals surface area contributed by atoms with Crippen LogP contribution in [0.2, 0.25) is 0 Å². The number of pyridine rings is 3. The third-order valence-corrected chi connectivity index (χ3v) is 6.20. The number of carbonyl (C=O) groups is 2. The summed E-state index contributed by atoms with van der Waals surface area (Å²) in [6.07, 6.45) is 5.27. The number of hydrogen-bond donors (Lipinski definition) is 3. The second-order valence-corrected chi connectivity index (χ2v) is 8.89. The standard InChI is InChI=1S/C27H32N6O4/c1-3-37-25(35)14-23(20-7-4-12-28-15-20)32-24(34)17-33-18(2)8-11-22(27(33)36)30-16-21-10-9-19-6-5-13-29-26(19)31-21/h4,7-12,15,23,30H,3,5-6,13-14,16-17H2,1-2H3,(H,29,31)(H,32,34)/t23-/m0/s1. The maximum atomic E-state index is 13.2. The van der Waals surface area contributed by atoms with Gasteiger partial charge in [0.05, 0.1) is 31.3 Å². The lowest BCUT2D eigenvalue weighted by atomic mass is 10.1. The summed E-state index contributed by atoms with van der Waals surface area (Å²) in [4.78, 5) is 47.0. The van der Waals surface area contributed by atoms with Crippen molar-refractivity contribution in [2.24, 2.45) is 0 Å². The Kier molecular flexibility index (Phi) is 8.50. The molecule has 3 aromatic rings. The van der Waals surface area contributed by atoms with E-state index in [1.165, 1.54) is 10.1 Å². The normalized spacial score (nSPS) is 13.1. The van der Waals surface area contributed by atoms with Crippen LogP contribution in [0.3, 0.4) is 0 Å². The molecular formula is C27H32N6O4. The third kappa shape index (κ3) is 6.72. The van der Waals surface area contributed by atoms with Gasteiger partial charge in [-0.15, -0.1) is 0 Å². The number of nitrogens with zero attached hydrogens (tertiary/aromatic N) is 3. The Labute approximate surface area is 215 Å². The van der Waals surface area contributed by atoms with Crippen molar-refractivity contribution in [3.05, 3.63) is 81.7 Å². The number of aromatic nitrogens is 3. The summed E-state index contributed by atoms with van der Waals surface area (Å²) in [6.45, 7) is 4.83. The molecule has 0 fully saturated rings. The van der Waals surface area contributed by atoms with E-state index in [4.69, 9.17) is 4.74 Å². The number of anilines is 2. The molecule has 194 valence electrons. The SMILES string of the molecule is CCOC(=O)C[C@H](NC(=O)Cn1c(C)ccc(NCc2ccc3c(n2)NCCC3)c1=O)c1cccnc1. The first-order chi connectivity index (χ1) is 17.9. The summed E-state index contributed by atoms with van der Waals surface area (Å²) in [7, 11) is 0. The molecule has 1 atom stereocenters. The Balaban J connectivity index is 1.45. The number of fused-ring (bicyclic) bond motifs is 1. The van der Waals surface area contributed by atoms with Crippen LogP contribution >= 0.6 is 0 Å². The molecule has 10 heteroatoms. The number of rotatable bonds is 10. The Morgan fingerprint density at radius 3 is 2.86 bits per heavy atom. The summed E-state index contributed by atoms with van der Waals surface area (Å²) < 4.78 is 6.47. The zero-order chi connectivity index (χ0) is 26.2. The summed E-state index contributed by atoms with van der Waals surface area (Å²) >= 11 is 0. The predicted molar refractivity (Wildman–Crippen MR) is 140 cm³/mol. The van der Waals surface area contributed by atoms with Crippen molar-refractivity contribution in [2.45, 2.75) is 52.2 Å². The van der Waals surface area contributed by atoms with Gasteiger partial charge in [-0.05, 0) is 62.1 Å². The van der Waals surface area contributed by atoms with Gasteiger partial charge in [0.15, 0.2) is 0 Å². The molecule has 1 amide bonds. The molecule has 3 aromatic heterocycles. The third-order valence-electron chi connectivity index (χ3n) is 6.20. The van der Waals surface area contributed by atoms with Crippen molar-refractivity contribution in [2.75, 3.05) is 23.8 Å². The van der Waals surface area contributed by atoms with Gasteiger partial charge in [-0.25, -0.2) is 4.98 Å². The summed E-state index contributed by atoms with van der Waals surface area (Å²) in [6, 6.07) is 10.4. The second-order valence-electron chi connectivity index (χ2n) is 8.89. The van der Waals surface area contributed by atoms with Crippen LogP contribution in [-0.4, -0.2) is 39.6 Å². The molecule has 0 radical (unpaired) electrons. The van der Waals surface area contributed by atoms with Crippen LogP contribution in [0.4, 0.5) is 11.5 Å². The van der Waals surface area contributed by atoms with Crippen LogP contribution in [0.5, 0.6) is 0 Å². The first-order valence-corrected chi connectivity index (χ1v) is 12.5. The molecule has 0 saturated heterocycles. The molecule has 1 aliphatic heterocycles. The van der Waals surface area contributed by atoms with Crippen LogP contribution in [0.15, 0.2) is 53.6 Å².